The minimum atomic E-state index is 0.507. The zero-order valence-corrected chi connectivity index (χ0v) is 13.0. The summed E-state index contributed by atoms with van der Waals surface area (Å²) < 4.78 is 0. The number of amidine groups is 1. The topological polar surface area (TPSA) is 98.6 Å². The number of nitrogens with one attached hydrogen (secondary N) is 3. The monoisotopic (exact) mass is 304 g/mol. The van der Waals surface area contributed by atoms with Crippen LogP contribution in [-0.2, 0) is 6.54 Å². The number of aliphatic imine (C=N–C) groups is 2. The first-order valence-corrected chi connectivity index (χ1v) is 7.14. The van der Waals surface area contributed by atoms with E-state index in [4.69, 9.17) is 10.5 Å². The molecule has 5 N–H and O–H groups in total. The summed E-state index contributed by atoms with van der Waals surface area (Å²) in [6.45, 7) is 4.08. The van der Waals surface area contributed by atoms with E-state index >= 15 is 0 Å². The van der Waals surface area contributed by atoms with Crippen molar-refractivity contribution in [2.75, 3.05) is 14.1 Å². The molecule has 0 unspecified atom stereocenters. The average Bonchev–Trinajstić information content (AvgIpc) is 2.54. The van der Waals surface area contributed by atoms with Crippen molar-refractivity contribution in [2.24, 2.45) is 15.1 Å². The van der Waals surface area contributed by atoms with E-state index in [-0.39, 0.29) is 0 Å². The van der Waals surface area contributed by atoms with E-state index in [1.807, 2.05) is 24.3 Å². The largest absolute Gasteiger partial charge is 0.373 e. The van der Waals surface area contributed by atoms with Gasteiger partial charge in [-0.2, -0.15) is 0 Å². The maximum absolute atomic E-state index is 7.52. The van der Waals surface area contributed by atoms with Gasteiger partial charge < -0.3 is 16.0 Å². The summed E-state index contributed by atoms with van der Waals surface area (Å²) >= 11 is 1.22. The van der Waals surface area contributed by atoms with Crippen LogP contribution in [0.3, 0.4) is 0 Å². The van der Waals surface area contributed by atoms with Crippen molar-refractivity contribution >= 4 is 30.7 Å². The molecule has 0 fully saturated rings. The van der Waals surface area contributed by atoms with Crippen LogP contribution in [0.4, 0.5) is 0 Å². The maximum atomic E-state index is 7.52. The fourth-order valence-electron chi connectivity index (χ4n) is 1.71. The van der Waals surface area contributed by atoms with E-state index in [1.165, 1.54) is 18.2 Å². The Morgan fingerprint density at radius 1 is 1.43 bits per heavy atom. The van der Waals surface area contributed by atoms with Crippen LogP contribution in [0.1, 0.15) is 5.56 Å². The van der Waals surface area contributed by atoms with Crippen molar-refractivity contribution in [1.29, 1.82) is 5.41 Å². The van der Waals surface area contributed by atoms with Gasteiger partial charge in [-0.1, -0.05) is 12.1 Å². The predicted molar refractivity (Wildman–Crippen MR) is 91.1 cm³/mol. The second-order valence-electron chi connectivity index (χ2n) is 4.00. The van der Waals surface area contributed by atoms with Gasteiger partial charge in [0.2, 0.25) is 0 Å². The molecule has 0 bridgehead atoms. The summed E-state index contributed by atoms with van der Waals surface area (Å²) in [5, 5.41) is 19.1. The zero-order chi connectivity index (χ0) is 15.7. The van der Waals surface area contributed by atoms with Gasteiger partial charge in [0.15, 0.2) is 0 Å². The second kappa shape index (κ2) is 8.93. The van der Waals surface area contributed by atoms with Crippen molar-refractivity contribution in [3.8, 4) is 0 Å². The van der Waals surface area contributed by atoms with Crippen LogP contribution in [0.5, 0.6) is 0 Å². The van der Waals surface area contributed by atoms with Gasteiger partial charge in [-0.05, 0) is 36.4 Å². The molecule has 0 saturated heterocycles. The Morgan fingerprint density at radius 2 is 2.10 bits per heavy atom. The van der Waals surface area contributed by atoms with Crippen molar-refractivity contribution in [2.45, 2.75) is 11.4 Å². The summed E-state index contributed by atoms with van der Waals surface area (Å²) in [6, 6.07) is 7.91. The summed E-state index contributed by atoms with van der Waals surface area (Å²) in [7, 11) is 3.39. The molecule has 0 aliphatic carbocycles. The van der Waals surface area contributed by atoms with Crippen LogP contribution in [0, 0.1) is 5.41 Å². The van der Waals surface area contributed by atoms with Crippen molar-refractivity contribution in [3.63, 3.8) is 0 Å². The lowest BCUT2D eigenvalue weighted by Gasteiger charge is -2.12. The van der Waals surface area contributed by atoms with Gasteiger partial charge in [0.25, 0.3) is 0 Å². The minimum Gasteiger partial charge on any atom is -0.373 e. The number of hydrogen-bond donors (Lipinski definition) is 4. The van der Waals surface area contributed by atoms with E-state index in [0.717, 1.165) is 10.5 Å². The van der Waals surface area contributed by atoms with E-state index in [0.29, 0.717) is 23.8 Å². The molecular formula is C14H20N6S. The molecule has 6 nitrogen and oxygen atoms in total. The molecule has 0 amide bonds. The van der Waals surface area contributed by atoms with Crippen LogP contribution in [0.2, 0.25) is 0 Å². The Balaban J connectivity index is 2.85. The molecule has 0 atom stereocenters. The summed E-state index contributed by atoms with van der Waals surface area (Å²) in [5.74, 6) is 1.09. The highest BCUT2D eigenvalue weighted by Gasteiger charge is 2.09. The summed E-state index contributed by atoms with van der Waals surface area (Å²) in [6.07, 6.45) is 1.20. The molecule has 21 heavy (non-hydrogen) atoms. The molecule has 0 radical (unpaired) electrons. The molecule has 0 saturated carbocycles. The molecule has 0 aliphatic heterocycles. The highest BCUT2D eigenvalue weighted by Crippen LogP contribution is 2.12. The predicted octanol–water partition coefficient (Wildman–Crippen LogP) is 1.55. The SMILES string of the molecule is C=N/C(NC)=C(C=N)\C(=N/C)NCc1ccc(SN)cc1. The fraction of sp³-hybridized carbons (Fsp3) is 0.214. The molecule has 1 rings (SSSR count). The van der Waals surface area contributed by atoms with E-state index in [1.54, 1.807) is 14.1 Å². The average molecular weight is 304 g/mol. The summed E-state index contributed by atoms with van der Waals surface area (Å²) in [5.41, 5.74) is 1.65. The quantitative estimate of drug-likeness (QED) is 0.349. The molecule has 0 aromatic heterocycles. The van der Waals surface area contributed by atoms with Gasteiger partial charge in [-0.3, -0.25) is 10.1 Å². The molecule has 0 heterocycles. The van der Waals surface area contributed by atoms with Crippen LogP contribution >= 0.6 is 11.9 Å². The van der Waals surface area contributed by atoms with Gasteiger partial charge in [0.05, 0.1) is 5.57 Å². The fourth-order valence-corrected chi connectivity index (χ4v) is 2.01. The first-order valence-electron chi connectivity index (χ1n) is 6.26. The van der Waals surface area contributed by atoms with Gasteiger partial charge in [0, 0.05) is 31.8 Å². The van der Waals surface area contributed by atoms with E-state index < -0.39 is 0 Å². The van der Waals surface area contributed by atoms with E-state index in [2.05, 4.69) is 27.3 Å². The van der Waals surface area contributed by atoms with Gasteiger partial charge in [-0.25, -0.2) is 4.99 Å². The molecule has 1 aromatic rings. The van der Waals surface area contributed by atoms with Gasteiger partial charge >= 0.3 is 0 Å². The molecule has 0 spiro atoms. The lowest BCUT2D eigenvalue weighted by molar-refractivity contribution is 0.900. The third-order valence-electron chi connectivity index (χ3n) is 2.79. The Hall–Kier alpha value is -2.12. The maximum Gasteiger partial charge on any atom is 0.137 e. The normalized spacial score (nSPS) is 12.4. The van der Waals surface area contributed by atoms with Crippen molar-refractivity contribution in [3.05, 3.63) is 41.2 Å². The number of nitrogens with zero attached hydrogens (tertiary/aromatic N) is 2. The van der Waals surface area contributed by atoms with Crippen LogP contribution in [0.25, 0.3) is 0 Å². The molecule has 0 aliphatic rings. The third-order valence-corrected chi connectivity index (χ3v) is 3.34. The second-order valence-corrected chi connectivity index (χ2v) is 4.71. The Labute approximate surface area is 129 Å². The minimum absolute atomic E-state index is 0.507. The van der Waals surface area contributed by atoms with Crippen LogP contribution in [-0.4, -0.2) is 32.9 Å². The van der Waals surface area contributed by atoms with Crippen molar-refractivity contribution < 1.29 is 0 Å². The molecule has 1 aromatic carbocycles. The third kappa shape index (κ3) is 4.73. The smallest absolute Gasteiger partial charge is 0.137 e. The molecule has 7 heteroatoms. The van der Waals surface area contributed by atoms with Crippen LogP contribution in [0.15, 0.2) is 50.5 Å². The van der Waals surface area contributed by atoms with Crippen molar-refractivity contribution in [1.82, 2.24) is 10.6 Å². The lowest BCUT2D eigenvalue weighted by Crippen LogP contribution is -2.28. The highest BCUT2D eigenvalue weighted by molar-refractivity contribution is 7.97. The van der Waals surface area contributed by atoms with Gasteiger partial charge in [-0.15, -0.1) is 0 Å². The molecular weight excluding hydrogens is 284 g/mol. The lowest BCUT2D eigenvalue weighted by atomic mass is 10.2. The summed E-state index contributed by atoms with van der Waals surface area (Å²) in [4.78, 5) is 9.03. The number of nitrogens with two attached hydrogens (primary N) is 1. The Kier molecular flexibility index (Phi) is 7.20. The Morgan fingerprint density at radius 3 is 2.52 bits per heavy atom. The van der Waals surface area contributed by atoms with E-state index in [9.17, 15) is 0 Å². The molecule has 112 valence electrons. The van der Waals surface area contributed by atoms with Gasteiger partial charge in [0.1, 0.15) is 11.7 Å². The first-order chi connectivity index (χ1) is 10.2. The highest BCUT2D eigenvalue weighted by atomic mass is 32.2. The van der Waals surface area contributed by atoms with Crippen LogP contribution < -0.4 is 15.8 Å². The number of hydrogen-bond acceptors (Lipinski definition) is 6. The zero-order valence-electron chi connectivity index (χ0n) is 12.2. The standard InChI is InChI=1S/C14H20N6S/c1-17-13(18-2)12(8-15)14(19-3)20-9-10-4-6-11(21-16)7-5-10/h4-8,15,18H,1,9,16H2,2-3H3,(H,19,20)/b13-12+,15-8?. The Bertz CT molecular complexity index is 547. The number of benzene rings is 1. The first kappa shape index (κ1) is 16.9. The number of rotatable bonds is 7.